The SMILES string of the molecule is CCCCC(CC)CSCSC(=S)NNC. The van der Waals surface area contributed by atoms with Gasteiger partial charge in [0.25, 0.3) is 0 Å². The zero-order valence-corrected chi connectivity index (χ0v) is 13.0. The van der Waals surface area contributed by atoms with Crippen molar-refractivity contribution in [2.45, 2.75) is 39.5 Å². The zero-order chi connectivity index (χ0) is 12.2. The molecule has 0 fully saturated rings. The molecule has 0 amide bonds. The molecule has 1 atom stereocenters. The average Bonchev–Trinajstić information content (AvgIpc) is 2.28. The van der Waals surface area contributed by atoms with Gasteiger partial charge in [0.2, 0.25) is 0 Å². The van der Waals surface area contributed by atoms with Gasteiger partial charge in [-0.3, -0.25) is 0 Å². The summed E-state index contributed by atoms with van der Waals surface area (Å²) in [6.45, 7) is 4.55. The van der Waals surface area contributed by atoms with E-state index in [-0.39, 0.29) is 0 Å². The van der Waals surface area contributed by atoms with Crippen LogP contribution in [-0.2, 0) is 0 Å². The normalized spacial score (nSPS) is 12.4. The number of nitrogens with one attached hydrogen (secondary N) is 2. The highest BCUT2D eigenvalue weighted by Crippen LogP contribution is 2.21. The molecule has 2 N–H and O–H groups in total. The molecule has 96 valence electrons. The van der Waals surface area contributed by atoms with Crippen LogP contribution in [0.1, 0.15) is 39.5 Å². The largest absolute Gasteiger partial charge is 0.307 e. The third-order valence-electron chi connectivity index (χ3n) is 2.40. The summed E-state index contributed by atoms with van der Waals surface area (Å²) in [5.74, 6) is 2.16. The van der Waals surface area contributed by atoms with Crippen molar-refractivity contribution in [1.29, 1.82) is 0 Å². The lowest BCUT2D eigenvalue weighted by molar-refractivity contribution is 0.500. The van der Waals surface area contributed by atoms with Crippen LogP contribution in [-0.4, -0.2) is 22.2 Å². The molecule has 0 aliphatic heterocycles. The van der Waals surface area contributed by atoms with E-state index < -0.39 is 0 Å². The highest BCUT2D eigenvalue weighted by Gasteiger charge is 2.06. The Kier molecular flexibility index (Phi) is 12.4. The summed E-state index contributed by atoms with van der Waals surface area (Å²) < 4.78 is 0.830. The maximum Gasteiger partial charge on any atom is 0.148 e. The lowest BCUT2D eigenvalue weighted by atomic mass is 10.0. The fourth-order valence-corrected chi connectivity index (χ4v) is 3.94. The lowest BCUT2D eigenvalue weighted by Crippen LogP contribution is -2.30. The van der Waals surface area contributed by atoms with Gasteiger partial charge in [-0.2, -0.15) is 11.8 Å². The van der Waals surface area contributed by atoms with Gasteiger partial charge in [-0.05, 0) is 18.1 Å². The molecule has 0 radical (unpaired) electrons. The summed E-state index contributed by atoms with van der Waals surface area (Å²) in [6, 6.07) is 0. The van der Waals surface area contributed by atoms with E-state index in [1.165, 1.54) is 31.4 Å². The Morgan fingerprint density at radius 1 is 1.38 bits per heavy atom. The van der Waals surface area contributed by atoms with Gasteiger partial charge in [0.1, 0.15) is 4.32 Å². The molecule has 2 nitrogen and oxygen atoms in total. The summed E-state index contributed by atoms with van der Waals surface area (Å²) in [5.41, 5.74) is 5.75. The van der Waals surface area contributed by atoms with Crippen LogP contribution in [0.4, 0.5) is 0 Å². The van der Waals surface area contributed by atoms with Crippen LogP contribution in [0, 0.1) is 5.92 Å². The molecule has 0 aliphatic rings. The van der Waals surface area contributed by atoms with Crippen LogP contribution in [0.2, 0.25) is 0 Å². The Morgan fingerprint density at radius 3 is 2.69 bits per heavy atom. The first-order chi connectivity index (χ1) is 7.74. The van der Waals surface area contributed by atoms with Gasteiger partial charge >= 0.3 is 0 Å². The first-order valence-electron chi connectivity index (χ1n) is 5.91. The summed E-state index contributed by atoms with van der Waals surface area (Å²) in [7, 11) is 1.83. The van der Waals surface area contributed by atoms with Crippen LogP contribution >= 0.6 is 35.7 Å². The van der Waals surface area contributed by atoms with E-state index in [4.69, 9.17) is 12.2 Å². The molecule has 0 aromatic carbocycles. The van der Waals surface area contributed by atoms with E-state index in [0.29, 0.717) is 0 Å². The van der Waals surface area contributed by atoms with E-state index in [1.54, 1.807) is 11.8 Å². The molecule has 16 heavy (non-hydrogen) atoms. The van der Waals surface area contributed by atoms with Crippen molar-refractivity contribution >= 4 is 40.1 Å². The second-order valence-electron chi connectivity index (χ2n) is 3.71. The van der Waals surface area contributed by atoms with Crippen LogP contribution in [0.3, 0.4) is 0 Å². The second-order valence-corrected chi connectivity index (χ2v) is 6.76. The standard InChI is InChI=1S/C11H24N2S3/c1-4-6-7-10(5-2)8-15-9-16-11(14)13-12-3/h10,12H,4-9H2,1-3H3,(H,13,14). The topological polar surface area (TPSA) is 24.1 Å². The molecule has 5 heteroatoms. The summed E-state index contributed by atoms with van der Waals surface area (Å²) >= 11 is 8.80. The van der Waals surface area contributed by atoms with Gasteiger partial charge in [-0.1, -0.05) is 57.1 Å². The van der Waals surface area contributed by atoms with Gasteiger partial charge in [0, 0.05) is 12.1 Å². The first kappa shape index (κ1) is 16.6. The molecule has 0 aliphatic carbocycles. The van der Waals surface area contributed by atoms with Crippen molar-refractivity contribution in [2.24, 2.45) is 5.92 Å². The molecule has 0 saturated heterocycles. The number of hydrogen-bond acceptors (Lipinski definition) is 4. The minimum absolute atomic E-state index is 0.830. The molecule has 0 rings (SSSR count). The Hall–Kier alpha value is 0.550. The van der Waals surface area contributed by atoms with Crippen LogP contribution in [0.25, 0.3) is 0 Å². The van der Waals surface area contributed by atoms with E-state index in [0.717, 1.165) is 15.3 Å². The molecule has 0 aromatic heterocycles. The van der Waals surface area contributed by atoms with E-state index in [1.807, 2.05) is 18.8 Å². The molecule has 0 aromatic rings. The fourth-order valence-electron chi connectivity index (χ4n) is 1.35. The Labute approximate surface area is 114 Å². The third kappa shape index (κ3) is 9.75. The summed E-state index contributed by atoms with van der Waals surface area (Å²) in [4.78, 5) is 0. The number of hydrazine groups is 1. The van der Waals surface area contributed by atoms with Crippen LogP contribution in [0.15, 0.2) is 0 Å². The maximum atomic E-state index is 5.11. The van der Waals surface area contributed by atoms with Crippen LogP contribution < -0.4 is 10.9 Å². The Balaban J connectivity index is 3.43. The number of thiocarbonyl (C=S) groups is 1. The molecule has 0 bridgehead atoms. The predicted molar refractivity (Wildman–Crippen MR) is 83.0 cm³/mol. The Bertz CT molecular complexity index is 177. The first-order valence-corrected chi connectivity index (χ1v) is 8.46. The van der Waals surface area contributed by atoms with E-state index >= 15 is 0 Å². The van der Waals surface area contributed by atoms with Gasteiger partial charge in [-0.25, -0.2) is 5.43 Å². The van der Waals surface area contributed by atoms with Crippen molar-refractivity contribution in [3.8, 4) is 0 Å². The molecular formula is C11H24N2S3. The minimum atomic E-state index is 0.830. The molecule has 0 spiro atoms. The molecule has 0 saturated carbocycles. The molecule has 0 heterocycles. The smallest absolute Gasteiger partial charge is 0.148 e. The van der Waals surface area contributed by atoms with Crippen molar-refractivity contribution in [2.75, 3.05) is 17.9 Å². The minimum Gasteiger partial charge on any atom is -0.307 e. The van der Waals surface area contributed by atoms with Gasteiger partial charge in [0.15, 0.2) is 0 Å². The predicted octanol–water partition coefficient (Wildman–Crippen LogP) is 3.64. The third-order valence-corrected chi connectivity index (χ3v) is 5.06. The molecular weight excluding hydrogens is 256 g/mol. The van der Waals surface area contributed by atoms with Crippen molar-refractivity contribution < 1.29 is 0 Å². The maximum absolute atomic E-state index is 5.11. The van der Waals surface area contributed by atoms with E-state index in [9.17, 15) is 0 Å². The highest BCUT2D eigenvalue weighted by molar-refractivity contribution is 8.29. The van der Waals surface area contributed by atoms with Gasteiger partial charge < -0.3 is 5.43 Å². The van der Waals surface area contributed by atoms with Crippen molar-refractivity contribution in [1.82, 2.24) is 10.9 Å². The molecule has 1 unspecified atom stereocenters. The van der Waals surface area contributed by atoms with Crippen LogP contribution in [0.5, 0.6) is 0 Å². The summed E-state index contributed by atoms with van der Waals surface area (Å²) in [5, 5.41) is 1.05. The number of thioether (sulfide) groups is 2. The van der Waals surface area contributed by atoms with Gasteiger partial charge in [0.05, 0.1) is 0 Å². The quantitative estimate of drug-likeness (QED) is 0.291. The summed E-state index contributed by atoms with van der Waals surface area (Å²) in [6.07, 6.45) is 5.36. The Morgan fingerprint density at radius 2 is 2.12 bits per heavy atom. The fraction of sp³-hybridized carbons (Fsp3) is 0.909. The van der Waals surface area contributed by atoms with Crippen molar-refractivity contribution in [3.05, 3.63) is 0 Å². The number of hydrogen-bond donors (Lipinski definition) is 2. The number of rotatable bonds is 9. The van der Waals surface area contributed by atoms with Crippen molar-refractivity contribution in [3.63, 3.8) is 0 Å². The van der Waals surface area contributed by atoms with Gasteiger partial charge in [-0.15, -0.1) is 0 Å². The second kappa shape index (κ2) is 12.0. The zero-order valence-electron chi connectivity index (χ0n) is 10.5. The monoisotopic (exact) mass is 280 g/mol. The lowest BCUT2D eigenvalue weighted by Gasteiger charge is -2.13. The van der Waals surface area contributed by atoms with E-state index in [2.05, 4.69) is 24.7 Å². The average molecular weight is 281 g/mol. The number of unbranched alkanes of at least 4 members (excludes halogenated alkanes) is 1. The highest BCUT2D eigenvalue weighted by atomic mass is 32.2.